The highest BCUT2D eigenvalue weighted by Crippen LogP contribution is 2.21. The molecule has 0 aliphatic carbocycles. The summed E-state index contributed by atoms with van der Waals surface area (Å²) in [6.45, 7) is 10.5. The Morgan fingerprint density at radius 2 is 2.22 bits per heavy atom. The molecule has 0 aromatic heterocycles. The van der Waals surface area contributed by atoms with Gasteiger partial charge in [0.2, 0.25) is 0 Å². The maximum absolute atomic E-state index is 8.99. The third-order valence-electron chi connectivity index (χ3n) is 3.60. The molecule has 3 heteroatoms. The van der Waals surface area contributed by atoms with Crippen molar-refractivity contribution in [2.24, 2.45) is 5.41 Å². The predicted octanol–water partition coefficient (Wildman–Crippen LogP) is 3.21. The minimum absolute atomic E-state index is 0.173. The van der Waals surface area contributed by atoms with Crippen LogP contribution in [-0.4, -0.2) is 37.2 Å². The van der Waals surface area contributed by atoms with Crippen LogP contribution in [0.1, 0.15) is 52.9 Å². The Morgan fingerprint density at radius 3 is 2.89 bits per heavy atom. The van der Waals surface area contributed by atoms with Gasteiger partial charge in [0.25, 0.3) is 0 Å². The summed E-state index contributed by atoms with van der Waals surface area (Å²) in [5.41, 5.74) is -0.173. The van der Waals surface area contributed by atoms with Crippen molar-refractivity contribution in [1.29, 1.82) is 5.26 Å². The van der Waals surface area contributed by atoms with E-state index in [1.165, 1.54) is 19.4 Å². The molecule has 1 aliphatic rings. The summed E-state index contributed by atoms with van der Waals surface area (Å²) in [6.07, 6.45) is 6.09. The molecular formula is C15H28N2O. The van der Waals surface area contributed by atoms with E-state index in [0.29, 0.717) is 6.10 Å². The smallest absolute Gasteiger partial charge is 0.0702 e. The van der Waals surface area contributed by atoms with Crippen LogP contribution >= 0.6 is 0 Å². The van der Waals surface area contributed by atoms with E-state index in [1.54, 1.807) is 0 Å². The summed E-state index contributed by atoms with van der Waals surface area (Å²) in [6, 6.07) is 2.37. The molecule has 0 saturated carbocycles. The molecule has 3 nitrogen and oxygen atoms in total. The van der Waals surface area contributed by atoms with Gasteiger partial charge in [-0.05, 0) is 59.0 Å². The van der Waals surface area contributed by atoms with Crippen LogP contribution in [0, 0.1) is 16.7 Å². The van der Waals surface area contributed by atoms with Gasteiger partial charge in [-0.2, -0.15) is 5.26 Å². The van der Waals surface area contributed by atoms with Gasteiger partial charge in [-0.15, -0.1) is 0 Å². The van der Waals surface area contributed by atoms with Crippen LogP contribution in [0.4, 0.5) is 0 Å². The molecule has 104 valence electrons. The van der Waals surface area contributed by atoms with E-state index >= 15 is 0 Å². The Kier molecular flexibility index (Phi) is 6.67. The van der Waals surface area contributed by atoms with Crippen molar-refractivity contribution >= 4 is 0 Å². The number of hydrogen-bond donors (Lipinski definition) is 0. The number of nitriles is 1. The predicted molar refractivity (Wildman–Crippen MR) is 74.3 cm³/mol. The minimum atomic E-state index is -0.173. The highest BCUT2D eigenvalue weighted by Gasteiger charge is 2.21. The van der Waals surface area contributed by atoms with Crippen LogP contribution in [0.15, 0.2) is 0 Å². The van der Waals surface area contributed by atoms with Gasteiger partial charge in [-0.1, -0.05) is 6.92 Å². The number of nitrogens with zero attached hydrogens (tertiary/aromatic N) is 2. The maximum atomic E-state index is 8.99. The summed E-state index contributed by atoms with van der Waals surface area (Å²) in [4.78, 5) is 2.50. The second kappa shape index (κ2) is 7.76. The molecule has 1 unspecified atom stereocenters. The van der Waals surface area contributed by atoms with Gasteiger partial charge in [-0.25, -0.2) is 0 Å². The highest BCUT2D eigenvalue weighted by molar-refractivity contribution is 4.91. The molecule has 0 radical (unpaired) electrons. The maximum Gasteiger partial charge on any atom is 0.0702 e. The molecule has 1 fully saturated rings. The lowest BCUT2D eigenvalue weighted by atomic mass is 9.89. The Hall–Kier alpha value is -0.590. The molecule has 1 saturated heterocycles. The molecule has 0 aromatic carbocycles. The van der Waals surface area contributed by atoms with Crippen molar-refractivity contribution < 1.29 is 4.74 Å². The van der Waals surface area contributed by atoms with Crippen molar-refractivity contribution in [1.82, 2.24) is 4.90 Å². The van der Waals surface area contributed by atoms with Gasteiger partial charge in [0, 0.05) is 13.2 Å². The molecule has 1 aliphatic heterocycles. The first-order valence-corrected chi connectivity index (χ1v) is 7.32. The van der Waals surface area contributed by atoms with Gasteiger partial charge in [-0.3, -0.25) is 0 Å². The molecule has 0 bridgehead atoms. The zero-order chi connectivity index (χ0) is 13.4. The molecular weight excluding hydrogens is 224 g/mol. The molecule has 0 aromatic rings. The van der Waals surface area contributed by atoms with E-state index in [9.17, 15) is 0 Å². The standard InChI is InChI=1S/C15H28N2O/c1-4-11-18-14-7-5-9-17(12-14)10-6-8-15(2,3)13-16/h14H,4-12H2,1-3H3. The Balaban J connectivity index is 2.20. The zero-order valence-electron chi connectivity index (χ0n) is 12.2. The van der Waals surface area contributed by atoms with Gasteiger partial charge in [0.1, 0.15) is 0 Å². The fraction of sp³-hybridized carbons (Fsp3) is 0.933. The molecule has 1 atom stereocenters. The Morgan fingerprint density at radius 1 is 1.44 bits per heavy atom. The first kappa shape index (κ1) is 15.5. The average molecular weight is 252 g/mol. The first-order valence-electron chi connectivity index (χ1n) is 7.32. The Bertz CT molecular complexity index is 270. The first-order chi connectivity index (χ1) is 8.57. The third kappa shape index (κ3) is 5.84. The number of rotatable bonds is 7. The van der Waals surface area contributed by atoms with E-state index in [2.05, 4.69) is 17.9 Å². The molecule has 18 heavy (non-hydrogen) atoms. The Labute approximate surface area is 112 Å². The van der Waals surface area contributed by atoms with Gasteiger partial charge >= 0.3 is 0 Å². The van der Waals surface area contributed by atoms with E-state index in [4.69, 9.17) is 10.00 Å². The van der Waals surface area contributed by atoms with Crippen molar-refractivity contribution in [2.75, 3.05) is 26.2 Å². The second-order valence-corrected chi connectivity index (χ2v) is 6.03. The lowest BCUT2D eigenvalue weighted by molar-refractivity contribution is -0.000682. The largest absolute Gasteiger partial charge is 0.377 e. The zero-order valence-corrected chi connectivity index (χ0v) is 12.2. The summed E-state index contributed by atoms with van der Waals surface area (Å²) in [5.74, 6) is 0. The van der Waals surface area contributed by atoms with Crippen LogP contribution in [0.25, 0.3) is 0 Å². The molecule has 1 rings (SSSR count). The summed E-state index contributed by atoms with van der Waals surface area (Å²) in [5, 5.41) is 8.99. The van der Waals surface area contributed by atoms with Crippen LogP contribution in [0.2, 0.25) is 0 Å². The molecule has 0 spiro atoms. The topological polar surface area (TPSA) is 36.3 Å². The van der Waals surface area contributed by atoms with Crippen molar-refractivity contribution in [3.05, 3.63) is 0 Å². The lowest BCUT2D eigenvalue weighted by Crippen LogP contribution is -2.40. The fourth-order valence-electron chi connectivity index (χ4n) is 2.44. The molecule has 0 amide bonds. The van der Waals surface area contributed by atoms with Gasteiger partial charge in [0.15, 0.2) is 0 Å². The van der Waals surface area contributed by atoms with Gasteiger partial charge in [0.05, 0.1) is 17.6 Å². The van der Waals surface area contributed by atoms with Crippen molar-refractivity contribution in [3.8, 4) is 6.07 Å². The van der Waals surface area contributed by atoms with Crippen LogP contribution in [0.3, 0.4) is 0 Å². The molecule has 1 heterocycles. The number of likely N-dealkylation sites (tertiary alicyclic amines) is 1. The number of piperidine rings is 1. The third-order valence-corrected chi connectivity index (χ3v) is 3.60. The summed E-state index contributed by atoms with van der Waals surface area (Å²) >= 11 is 0. The van der Waals surface area contributed by atoms with Crippen molar-refractivity contribution in [3.63, 3.8) is 0 Å². The summed E-state index contributed by atoms with van der Waals surface area (Å²) in [7, 11) is 0. The van der Waals surface area contributed by atoms with E-state index in [-0.39, 0.29) is 5.41 Å². The van der Waals surface area contributed by atoms with Crippen LogP contribution < -0.4 is 0 Å². The van der Waals surface area contributed by atoms with Crippen LogP contribution in [0.5, 0.6) is 0 Å². The number of ether oxygens (including phenoxy) is 1. The minimum Gasteiger partial charge on any atom is -0.377 e. The monoisotopic (exact) mass is 252 g/mol. The highest BCUT2D eigenvalue weighted by atomic mass is 16.5. The average Bonchev–Trinajstić information content (AvgIpc) is 2.37. The van der Waals surface area contributed by atoms with Crippen molar-refractivity contribution in [2.45, 2.75) is 59.0 Å². The fourth-order valence-corrected chi connectivity index (χ4v) is 2.44. The second-order valence-electron chi connectivity index (χ2n) is 6.03. The van der Waals surface area contributed by atoms with Gasteiger partial charge < -0.3 is 9.64 Å². The number of hydrogen-bond acceptors (Lipinski definition) is 3. The SMILES string of the molecule is CCCOC1CCCN(CCCC(C)(C)C#N)C1. The lowest BCUT2D eigenvalue weighted by Gasteiger charge is -2.33. The van der Waals surface area contributed by atoms with E-state index in [1.807, 2.05) is 13.8 Å². The normalized spacial score (nSPS) is 21.8. The van der Waals surface area contributed by atoms with E-state index in [0.717, 1.165) is 39.0 Å². The van der Waals surface area contributed by atoms with Crippen LogP contribution in [-0.2, 0) is 4.74 Å². The quantitative estimate of drug-likeness (QED) is 0.698. The molecule has 0 N–H and O–H groups in total. The van der Waals surface area contributed by atoms with E-state index < -0.39 is 0 Å². The summed E-state index contributed by atoms with van der Waals surface area (Å²) < 4.78 is 5.84.